The van der Waals surface area contributed by atoms with Crippen molar-refractivity contribution in [3.63, 3.8) is 0 Å². The van der Waals surface area contributed by atoms with Gasteiger partial charge in [-0.05, 0) is 29.5 Å². The van der Waals surface area contributed by atoms with Crippen LogP contribution in [-0.2, 0) is 16.0 Å². The number of amides is 1. The summed E-state index contributed by atoms with van der Waals surface area (Å²) in [5.41, 5.74) is 0.831. The summed E-state index contributed by atoms with van der Waals surface area (Å²) in [4.78, 5) is 11.8. The van der Waals surface area contributed by atoms with E-state index in [-0.39, 0.29) is 23.5 Å². The van der Waals surface area contributed by atoms with Crippen LogP contribution in [0.2, 0.25) is 0 Å². The highest BCUT2D eigenvalue weighted by atomic mass is 16.5. The van der Waals surface area contributed by atoms with Gasteiger partial charge in [0.15, 0.2) is 0 Å². The number of carbonyl (C=O) groups is 1. The zero-order valence-corrected chi connectivity index (χ0v) is 11.9. The molecule has 0 heterocycles. The summed E-state index contributed by atoms with van der Waals surface area (Å²) in [6.45, 7) is 5.50. The average molecular weight is 265 g/mol. The predicted octanol–water partition coefficient (Wildman–Crippen LogP) is 2.11. The molecule has 0 saturated carbocycles. The van der Waals surface area contributed by atoms with Gasteiger partial charge in [0.05, 0.1) is 6.42 Å². The van der Waals surface area contributed by atoms with Gasteiger partial charge in [-0.2, -0.15) is 0 Å². The second kappa shape index (κ2) is 7.14. The fourth-order valence-corrected chi connectivity index (χ4v) is 1.72. The maximum atomic E-state index is 11.8. The van der Waals surface area contributed by atoms with Gasteiger partial charge in [0.25, 0.3) is 0 Å². The van der Waals surface area contributed by atoms with Crippen molar-refractivity contribution in [2.45, 2.75) is 26.7 Å². The van der Waals surface area contributed by atoms with Gasteiger partial charge in [-0.25, -0.2) is 0 Å². The van der Waals surface area contributed by atoms with Gasteiger partial charge >= 0.3 is 0 Å². The third kappa shape index (κ3) is 6.25. The Morgan fingerprint density at radius 1 is 1.42 bits per heavy atom. The second-order valence-corrected chi connectivity index (χ2v) is 5.53. The minimum Gasteiger partial charge on any atom is -0.508 e. The summed E-state index contributed by atoms with van der Waals surface area (Å²) in [6, 6.07) is 6.76. The molecule has 4 nitrogen and oxygen atoms in total. The van der Waals surface area contributed by atoms with Crippen LogP contribution in [0.5, 0.6) is 5.75 Å². The lowest BCUT2D eigenvalue weighted by molar-refractivity contribution is -0.120. The number of methoxy groups -OCH3 is 1. The average Bonchev–Trinajstić information content (AvgIpc) is 2.34. The Bertz CT molecular complexity index is 416. The standard InChI is InChI=1S/C15H23NO3/c1-15(2,7-8-19-3)11-16-14(18)10-12-5-4-6-13(17)9-12/h4-6,9,17H,7-8,10-11H2,1-3H3,(H,16,18). The van der Waals surface area contributed by atoms with Crippen LogP contribution in [0.25, 0.3) is 0 Å². The van der Waals surface area contributed by atoms with Crippen molar-refractivity contribution in [3.8, 4) is 5.75 Å². The summed E-state index contributed by atoms with van der Waals surface area (Å²) in [7, 11) is 1.68. The third-order valence-corrected chi connectivity index (χ3v) is 3.02. The number of phenolic OH excluding ortho intramolecular Hbond substituents is 1. The van der Waals surface area contributed by atoms with E-state index in [0.717, 1.165) is 12.0 Å². The molecule has 1 amide bonds. The SMILES string of the molecule is COCCC(C)(C)CNC(=O)Cc1cccc(O)c1. The summed E-state index contributed by atoms with van der Waals surface area (Å²) in [5, 5.41) is 12.3. The molecule has 0 atom stereocenters. The van der Waals surface area contributed by atoms with Gasteiger partial charge in [0.1, 0.15) is 5.75 Å². The number of hydrogen-bond acceptors (Lipinski definition) is 3. The zero-order chi connectivity index (χ0) is 14.3. The number of nitrogens with one attached hydrogen (secondary N) is 1. The quantitative estimate of drug-likeness (QED) is 0.794. The van der Waals surface area contributed by atoms with Crippen molar-refractivity contribution < 1.29 is 14.6 Å². The molecule has 1 aromatic carbocycles. The van der Waals surface area contributed by atoms with Crippen LogP contribution in [0.3, 0.4) is 0 Å². The topological polar surface area (TPSA) is 58.6 Å². The number of rotatable bonds is 7. The summed E-state index contributed by atoms with van der Waals surface area (Å²) >= 11 is 0. The Labute approximate surface area is 114 Å². The zero-order valence-electron chi connectivity index (χ0n) is 11.9. The maximum absolute atomic E-state index is 11.8. The molecule has 106 valence electrons. The molecule has 19 heavy (non-hydrogen) atoms. The van der Waals surface area contributed by atoms with E-state index in [1.54, 1.807) is 25.3 Å². The van der Waals surface area contributed by atoms with Crippen molar-refractivity contribution in [1.29, 1.82) is 0 Å². The first-order chi connectivity index (χ1) is 8.93. The summed E-state index contributed by atoms with van der Waals surface area (Å²) in [6.07, 6.45) is 1.19. The Hall–Kier alpha value is -1.55. The number of hydrogen-bond donors (Lipinski definition) is 2. The van der Waals surface area contributed by atoms with E-state index >= 15 is 0 Å². The predicted molar refractivity (Wildman–Crippen MR) is 75.1 cm³/mol. The van der Waals surface area contributed by atoms with E-state index in [1.807, 2.05) is 6.07 Å². The molecule has 0 spiro atoms. The van der Waals surface area contributed by atoms with Gasteiger partial charge in [0.2, 0.25) is 5.91 Å². The second-order valence-electron chi connectivity index (χ2n) is 5.53. The molecule has 4 heteroatoms. The van der Waals surface area contributed by atoms with Crippen molar-refractivity contribution >= 4 is 5.91 Å². The molecule has 1 rings (SSSR count). The van der Waals surface area contributed by atoms with E-state index in [0.29, 0.717) is 13.2 Å². The van der Waals surface area contributed by atoms with Gasteiger partial charge in [0, 0.05) is 20.3 Å². The molecule has 0 bridgehead atoms. The molecule has 0 aliphatic carbocycles. The highest BCUT2D eigenvalue weighted by Crippen LogP contribution is 2.18. The molecular formula is C15H23NO3. The molecule has 0 aliphatic heterocycles. The van der Waals surface area contributed by atoms with Gasteiger partial charge < -0.3 is 15.2 Å². The number of benzene rings is 1. The number of aromatic hydroxyl groups is 1. The fraction of sp³-hybridized carbons (Fsp3) is 0.533. The number of ether oxygens (including phenoxy) is 1. The monoisotopic (exact) mass is 265 g/mol. The van der Waals surface area contributed by atoms with Gasteiger partial charge in [-0.1, -0.05) is 26.0 Å². The van der Waals surface area contributed by atoms with E-state index in [9.17, 15) is 9.90 Å². The van der Waals surface area contributed by atoms with Crippen molar-refractivity contribution in [3.05, 3.63) is 29.8 Å². The van der Waals surface area contributed by atoms with E-state index in [2.05, 4.69) is 19.2 Å². The van der Waals surface area contributed by atoms with Gasteiger partial charge in [-0.3, -0.25) is 4.79 Å². The van der Waals surface area contributed by atoms with Crippen molar-refractivity contribution in [2.24, 2.45) is 5.41 Å². The van der Waals surface area contributed by atoms with Crippen molar-refractivity contribution in [2.75, 3.05) is 20.3 Å². The number of carbonyl (C=O) groups excluding carboxylic acids is 1. The molecule has 0 aromatic heterocycles. The smallest absolute Gasteiger partial charge is 0.224 e. The van der Waals surface area contributed by atoms with Crippen molar-refractivity contribution in [1.82, 2.24) is 5.32 Å². The van der Waals surface area contributed by atoms with E-state index in [4.69, 9.17) is 4.74 Å². The van der Waals surface area contributed by atoms with Crippen LogP contribution in [0.15, 0.2) is 24.3 Å². The first-order valence-corrected chi connectivity index (χ1v) is 6.46. The lowest BCUT2D eigenvalue weighted by Crippen LogP contribution is -2.35. The minimum absolute atomic E-state index is 0.0183. The largest absolute Gasteiger partial charge is 0.508 e. The Morgan fingerprint density at radius 3 is 2.79 bits per heavy atom. The lowest BCUT2D eigenvalue weighted by atomic mass is 9.89. The van der Waals surface area contributed by atoms with E-state index < -0.39 is 0 Å². The maximum Gasteiger partial charge on any atom is 0.224 e. The van der Waals surface area contributed by atoms with Crippen LogP contribution in [0.4, 0.5) is 0 Å². The number of phenols is 1. The minimum atomic E-state index is -0.0314. The first-order valence-electron chi connectivity index (χ1n) is 6.46. The highest BCUT2D eigenvalue weighted by molar-refractivity contribution is 5.78. The lowest BCUT2D eigenvalue weighted by Gasteiger charge is -2.24. The molecular weight excluding hydrogens is 242 g/mol. The molecule has 0 saturated heterocycles. The molecule has 0 aliphatic rings. The molecule has 2 N–H and O–H groups in total. The van der Waals surface area contributed by atoms with Crippen LogP contribution in [-0.4, -0.2) is 31.3 Å². The molecule has 1 aromatic rings. The Morgan fingerprint density at radius 2 is 2.16 bits per heavy atom. The van der Waals surface area contributed by atoms with E-state index in [1.165, 1.54) is 0 Å². The van der Waals surface area contributed by atoms with Crippen LogP contribution in [0.1, 0.15) is 25.8 Å². The Balaban J connectivity index is 2.39. The normalized spacial score (nSPS) is 11.3. The third-order valence-electron chi connectivity index (χ3n) is 3.02. The van der Waals surface area contributed by atoms with Crippen LogP contribution >= 0.6 is 0 Å². The highest BCUT2D eigenvalue weighted by Gasteiger charge is 2.18. The summed E-state index contributed by atoms with van der Waals surface area (Å²) in [5.74, 6) is 0.154. The molecule has 0 radical (unpaired) electrons. The van der Waals surface area contributed by atoms with Gasteiger partial charge in [-0.15, -0.1) is 0 Å². The first kappa shape index (κ1) is 15.5. The molecule has 0 unspecified atom stereocenters. The van der Waals surface area contributed by atoms with Crippen LogP contribution in [0, 0.1) is 5.41 Å². The fourth-order valence-electron chi connectivity index (χ4n) is 1.72. The Kier molecular flexibility index (Phi) is 5.83. The summed E-state index contributed by atoms with van der Waals surface area (Å²) < 4.78 is 5.05. The molecule has 0 fully saturated rings. The van der Waals surface area contributed by atoms with Crippen LogP contribution < -0.4 is 5.32 Å².